The molecule has 26 heavy (non-hydrogen) atoms. The van der Waals surface area contributed by atoms with Gasteiger partial charge in [0.25, 0.3) is 11.8 Å². The molecule has 2 aromatic rings. The highest BCUT2D eigenvalue weighted by molar-refractivity contribution is 6.22. The molecule has 2 aromatic carbocycles. The number of esters is 1. The van der Waals surface area contributed by atoms with Gasteiger partial charge in [0.1, 0.15) is 6.04 Å². The summed E-state index contributed by atoms with van der Waals surface area (Å²) in [5, 5.41) is 0. The van der Waals surface area contributed by atoms with Crippen LogP contribution in [0.3, 0.4) is 0 Å². The first-order valence-electron chi connectivity index (χ1n) is 8.42. The SMILES string of the molecule is CC.COC(=O)[C@H](Cc1ccc(N)cc1)N1C(=O)c2ccccc2C1=O. The van der Waals surface area contributed by atoms with E-state index in [0.29, 0.717) is 16.8 Å². The Morgan fingerprint density at radius 3 is 1.96 bits per heavy atom. The molecule has 1 heterocycles. The fourth-order valence-corrected chi connectivity index (χ4v) is 2.78. The molecule has 2 N–H and O–H groups in total. The molecule has 0 fully saturated rings. The number of imide groups is 1. The predicted octanol–water partition coefficient (Wildman–Crippen LogP) is 2.68. The maximum atomic E-state index is 12.6. The molecule has 0 radical (unpaired) electrons. The van der Waals surface area contributed by atoms with E-state index < -0.39 is 23.8 Å². The van der Waals surface area contributed by atoms with E-state index in [1.54, 1.807) is 48.5 Å². The van der Waals surface area contributed by atoms with Gasteiger partial charge in [0.15, 0.2) is 0 Å². The van der Waals surface area contributed by atoms with Crippen LogP contribution in [0.15, 0.2) is 48.5 Å². The summed E-state index contributed by atoms with van der Waals surface area (Å²) in [6, 6.07) is 12.4. The molecule has 2 amide bonds. The number of nitrogens with two attached hydrogens (primary N) is 1. The molecule has 6 nitrogen and oxygen atoms in total. The van der Waals surface area contributed by atoms with E-state index in [4.69, 9.17) is 10.5 Å². The lowest BCUT2D eigenvalue weighted by Gasteiger charge is -2.24. The number of carbonyl (C=O) groups excluding carboxylic acids is 3. The summed E-state index contributed by atoms with van der Waals surface area (Å²) in [7, 11) is 1.23. The van der Waals surface area contributed by atoms with Crippen LogP contribution < -0.4 is 5.73 Å². The molecule has 1 atom stereocenters. The number of carbonyl (C=O) groups is 3. The number of anilines is 1. The van der Waals surface area contributed by atoms with Crippen molar-refractivity contribution in [2.75, 3.05) is 12.8 Å². The molecule has 3 rings (SSSR count). The van der Waals surface area contributed by atoms with Gasteiger partial charge in [-0.3, -0.25) is 14.5 Å². The lowest BCUT2D eigenvalue weighted by molar-refractivity contribution is -0.145. The third-order valence-electron chi connectivity index (χ3n) is 4.02. The largest absolute Gasteiger partial charge is 0.467 e. The minimum absolute atomic E-state index is 0.165. The normalized spacial score (nSPS) is 13.6. The Hall–Kier alpha value is -3.15. The third-order valence-corrected chi connectivity index (χ3v) is 4.02. The van der Waals surface area contributed by atoms with Gasteiger partial charge < -0.3 is 10.5 Å². The molecule has 0 unspecified atom stereocenters. The number of nitrogens with zero attached hydrogens (tertiary/aromatic N) is 1. The lowest BCUT2D eigenvalue weighted by Crippen LogP contribution is -2.46. The number of ether oxygens (including phenoxy) is 1. The quantitative estimate of drug-likeness (QED) is 0.518. The van der Waals surface area contributed by atoms with Gasteiger partial charge in [0.2, 0.25) is 0 Å². The Balaban J connectivity index is 0.00000117. The van der Waals surface area contributed by atoms with Crippen molar-refractivity contribution in [2.24, 2.45) is 0 Å². The lowest BCUT2D eigenvalue weighted by atomic mass is 10.0. The first-order chi connectivity index (χ1) is 12.5. The Labute approximate surface area is 152 Å². The number of amides is 2. The van der Waals surface area contributed by atoms with E-state index >= 15 is 0 Å². The monoisotopic (exact) mass is 354 g/mol. The summed E-state index contributed by atoms with van der Waals surface area (Å²) in [6.07, 6.45) is 0.165. The fraction of sp³-hybridized carbons (Fsp3) is 0.250. The van der Waals surface area contributed by atoms with E-state index in [1.165, 1.54) is 7.11 Å². The van der Waals surface area contributed by atoms with Gasteiger partial charge in [-0.2, -0.15) is 0 Å². The van der Waals surface area contributed by atoms with Crippen molar-refractivity contribution in [2.45, 2.75) is 26.3 Å². The fourth-order valence-electron chi connectivity index (χ4n) is 2.78. The Morgan fingerprint density at radius 2 is 1.50 bits per heavy atom. The average molecular weight is 354 g/mol. The van der Waals surface area contributed by atoms with Crippen molar-refractivity contribution in [1.29, 1.82) is 0 Å². The topological polar surface area (TPSA) is 89.7 Å². The zero-order chi connectivity index (χ0) is 19.3. The molecule has 0 saturated carbocycles. The van der Waals surface area contributed by atoms with Gasteiger partial charge in [-0.25, -0.2) is 4.79 Å². The summed E-state index contributed by atoms with van der Waals surface area (Å²) >= 11 is 0. The van der Waals surface area contributed by atoms with Gasteiger partial charge in [-0.15, -0.1) is 0 Å². The average Bonchev–Trinajstić information content (AvgIpc) is 2.93. The summed E-state index contributed by atoms with van der Waals surface area (Å²) in [5.41, 5.74) is 7.62. The first kappa shape index (κ1) is 19.2. The van der Waals surface area contributed by atoms with E-state index in [2.05, 4.69) is 0 Å². The van der Waals surface area contributed by atoms with Crippen molar-refractivity contribution >= 4 is 23.5 Å². The van der Waals surface area contributed by atoms with Gasteiger partial charge in [-0.1, -0.05) is 38.1 Å². The van der Waals surface area contributed by atoms with Crippen LogP contribution in [0.1, 0.15) is 40.1 Å². The van der Waals surface area contributed by atoms with Crippen molar-refractivity contribution < 1.29 is 19.1 Å². The molecule has 0 aliphatic carbocycles. The molecular weight excluding hydrogens is 332 g/mol. The summed E-state index contributed by atoms with van der Waals surface area (Å²) < 4.78 is 4.81. The van der Waals surface area contributed by atoms with Crippen LogP contribution in [-0.2, 0) is 16.0 Å². The summed E-state index contributed by atoms with van der Waals surface area (Å²) in [6.45, 7) is 4.00. The van der Waals surface area contributed by atoms with Gasteiger partial charge in [0, 0.05) is 12.1 Å². The maximum Gasteiger partial charge on any atom is 0.329 e. The summed E-state index contributed by atoms with van der Waals surface area (Å²) in [4.78, 5) is 38.4. The Morgan fingerprint density at radius 1 is 1.00 bits per heavy atom. The first-order valence-corrected chi connectivity index (χ1v) is 8.42. The van der Waals surface area contributed by atoms with Crippen LogP contribution in [0.4, 0.5) is 5.69 Å². The highest BCUT2D eigenvalue weighted by Crippen LogP contribution is 2.26. The minimum Gasteiger partial charge on any atom is -0.467 e. The molecule has 6 heteroatoms. The number of hydrogen-bond acceptors (Lipinski definition) is 5. The van der Waals surface area contributed by atoms with Gasteiger partial charge in [-0.05, 0) is 29.8 Å². The van der Waals surface area contributed by atoms with E-state index in [-0.39, 0.29) is 6.42 Å². The van der Waals surface area contributed by atoms with Crippen molar-refractivity contribution in [1.82, 2.24) is 4.90 Å². The zero-order valence-electron chi connectivity index (χ0n) is 15.1. The van der Waals surface area contributed by atoms with Crippen LogP contribution in [-0.4, -0.2) is 35.8 Å². The van der Waals surface area contributed by atoms with Crippen molar-refractivity contribution in [3.8, 4) is 0 Å². The number of fused-ring (bicyclic) bond motifs is 1. The number of hydrogen-bond donors (Lipinski definition) is 1. The molecule has 0 aromatic heterocycles. The second kappa shape index (κ2) is 8.29. The molecule has 0 bridgehead atoms. The smallest absolute Gasteiger partial charge is 0.329 e. The third kappa shape index (κ3) is 3.59. The number of methoxy groups -OCH3 is 1. The second-order valence-electron chi connectivity index (χ2n) is 5.51. The van der Waals surface area contributed by atoms with Crippen molar-refractivity contribution in [3.63, 3.8) is 0 Å². The van der Waals surface area contributed by atoms with Crippen LogP contribution in [0, 0.1) is 0 Å². The highest BCUT2D eigenvalue weighted by Gasteiger charge is 2.43. The Kier molecular flexibility index (Phi) is 6.11. The zero-order valence-corrected chi connectivity index (χ0v) is 15.1. The maximum absolute atomic E-state index is 12.6. The number of rotatable bonds is 4. The number of nitrogen functional groups attached to an aromatic ring is 1. The molecule has 1 aliphatic rings. The van der Waals surface area contributed by atoms with E-state index in [9.17, 15) is 14.4 Å². The molecule has 136 valence electrons. The Bertz CT molecular complexity index is 780. The standard InChI is InChI=1S/C18H16N2O4.C2H6/c1-24-18(23)15(10-11-6-8-12(19)9-7-11)20-16(21)13-4-2-3-5-14(13)17(20)22;1-2/h2-9,15H,10,19H2,1H3;1-2H3/t15-;/m0./s1. The molecule has 1 aliphatic heterocycles. The minimum atomic E-state index is -1.02. The molecule has 0 spiro atoms. The van der Waals surface area contributed by atoms with E-state index in [1.807, 2.05) is 13.8 Å². The van der Waals surface area contributed by atoms with Crippen LogP contribution in [0.2, 0.25) is 0 Å². The predicted molar refractivity (Wildman–Crippen MR) is 98.7 cm³/mol. The van der Waals surface area contributed by atoms with Crippen LogP contribution >= 0.6 is 0 Å². The van der Waals surface area contributed by atoms with E-state index in [0.717, 1.165) is 10.5 Å². The molecule has 0 saturated heterocycles. The van der Waals surface area contributed by atoms with Crippen molar-refractivity contribution in [3.05, 3.63) is 65.2 Å². The summed E-state index contributed by atoms with van der Waals surface area (Å²) in [5.74, 6) is -1.61. The van der Waals surface area contributed by atoms with Crippen LogP contribution in [0.25, 0.3) is 0 Å². The highest BCUT2D eigenvalue weighted by atomic mass is 16.5. The van der Waals surface area contributed by atoms with Gasteiger partial charge in [0.05, 0.1) is 18.2 Å². The number of benzene rings is 2. The van der Waals surface area contributed by atoms with Gasteiger partial charge >= 0.3 is 5.97 Å². The second-order valence-corrected chi connectivity index (χ2v) is 5.51. The van der Waals surface area contributed by atoms with Crippen LogP contribution in [0.5, 0.6) is 0 Å². The molecular formula is C20H22N2O4.